The molecule has 1 N–H and O–H groups in total. The van der Waals surface area contributed by atoms with Gasteiger partial charge in [0.25, 0.3) is 5.91 Å². The Morgan fingerprint density at radius 2 is 1.94 bits per heavy atom. The Morgan fingerprint density at radius 3 is 2.65 bits per heavy atom. The second kappa shape index (κ2) is 9.87. The Kier molecular flexibility index (Phi) is 6.76. The Bertz CT molecular complexity index is 1020. The van der Waals surface area contributed by atoms with Crippen molar-refractivity contribution in [3.05, 3.63) is 64.2 Å². The lowest BCUT2D eigenvalue weighted by molar-refractivity contribution is -0.116. The van der Waals surface area contributed by atoms with Crippen molar-refractivity contribution in [2.24, 2.45) is 0 Å². The molecule has 2 aromatic heterocycles. The van der Waals surface area contributed by atoms with Gasteiger partial charge < -0.3 is 10.2 Å². The number of aryl methyl sites for hydroxylation is 2. The van der Waals surface area contributed by atoms with Gasteiger partial charge in [-0.15, -0.1) is 11.3 Å². The molecular formula is C23H27N5O2S. The summed E-state index contributed by atoms with van der Waals surface area (Å²) in [4.78, 5) is 31.2. The molecule has 7 nitrogen and oxygen atoms in total. The lowest BCUT2D eigenvalue weighted by Crippen LogP contribution is -2.39. The third-order valence-electron chi connectivity index (χ3n) is 5.59. The minimum atomic E-state index is -0.00444. The van der Waals surface area contributed by atoms with Crippen molar-refractivity contribution in [3.8, 4) is 0 Å². The predicted molar refractivity (Wildman–Crippen MR) is 121 cm³/mol. The Morgan fingerprint density at radius 1 is 1.16 bits per heavy atom. The number of nitrogens with one attached hydrogen (secondary N) is 1. The quantitative estimate of drug-likeness (QED) is 0.604. The molecule has 2 amide bonds. The molecule has 31 heavy (non-hydrogen) atoms. The summed E-state index contributed by atoms with van der Waals surface area (Å²) in [6.07, 6.45) is 5.48. The van der Waals surface area contributed by atoms with Crippen molar-refractivity contribution in [2.45, 2.75) is 45.1 Å². The molecule has 0 radical (unpaired) electrons. The molecule has 0 bridgehead atoms. The summed E-state index contributed by atoms with van der Waals surface area (Å²) in [5.74, 6) is 0.726. The number of hydrogen-bond acceptors (Lipinski definition) is 5. The zero-order valence-corrected chi connectivity index (χ0v) is 18.5. The summed E-state index contributed by atoms with van der Waals surface area (Å²) in [6.45, 7) is 3.22. The van der Waals surface area contributed by atoms with Gasteiger partial charge in [0.05, 0.1) is 17.2 Å². The van der Waals surface area contributed by atoms with E-state index >= 15 is 0 Å². The topological polar surface area (TPSA) is 80.1 Å². The zero-order chi connectivity index (χ0) is 21.6. The van der Waals surface area contributed by atoms with E-state index in [0.29, 0.717) is 25.2 Å². The standard InChI is InChI=1S/C23H27N5O2S/c1-17-25-20(16-31-17)23(30)27-14-11-19(12-15-27)28-21(10-13-24-28)26-22(29)9-5-8-18-6-3-2-4-7-18/h2-4,6-7,10,13,16,19H,5,8-9,11-12,14-15H2,1H3,(H,26,29). The fraction of sp³-hybridized carbons (Fsp3) is 0.391. The fourth-order valence-electron chi connectivity index (χ4n) is 3.94. The van der Waals surface area contributed by atoms with Gasteiger partial charge in [-0.3, -0.25) is 9.59 Å². The molecule has 162 valence electrons. The van der Waals surface area contributed by atoms with Gasteiger partial charge in [-0.05, 0) is 38.2 Å². The predicted octanol–water partition coefficient (Wildman–Crippen LogP) is 4.09. The van der Waals surface area contributed by atoms with E-state index in [4.69, 9.17) is 0 Å². The maximum Gasteiger partial charge on any atom is 0.273 e. The van der Waals surface area contributed by atoms with Crippen LogP contribution in [0.4, 0.5) is 5.82 Å². The molecule has 0 spiro atoms. The first-order valence-corrected chi connectivity index (χ1v) is 11.6. The van der Waals surface area contributed by atoms with Crippen LogP contribution < -0.4 is 5.32 Å². The molecule has 4 rings (SSSR count). The molecule has 1 fully saturated rings. The lowest BCUT2D eigenvalue weighted by atomic mass is 10.0. The zero-order valence-electron chi connectivity index (χ0n) is 17.7. The van der Waals surface area contributed by atoms with Gasteiger partial charge >= 0.3 is 0 Å². The summed E-state index contributed by atoms with van der Waals surface area (Å²) >= 11 is 1.49. The first kappa shape index (κ1) is 21.2. The van der Waals surface area contributed by atoms with Crippen LogP contribution in [0.15, 0.2) is 48.0 Å². The van der Waals surface area contributed by atoms with Crippen molar-refractivity contribution in [3.63, 3.8) is 0 Å². The van der Waals surface area contributed by atoms with Crippen molar-refractivity contribution < 1.29 is 9.59 Å². The number of anilines is 1. The van der Waals surface area contributed by atoms with Crippen LogP contribution in [0.5, 0.6) is 0 Å². The second-order valence-electron chi connectivity index (χ2n) is 7.82. The third-order valence-corrected chi connectivity index (χ3v) is 6.36. The molecule has 1 aliphatic heterocycles. The third kappa shape index (κ3) is 5.38. The number of carbonyl (C=O) groups excluding carboxylic acids is 2. The van der Waals surface area contributed by atoms with Crippen LogP contribution in [0.2, 0.25) is 0 Å². The molecule has 0 unspecified atom stereocenters. The van der Waals surface area contributed by atoms with E-state index in [-0.39, 0.29) is 17.9 Å². The normalized spacial score (nSPS) is 14.5. The number of rotatable bonds is 7. The van der Waals surface area contributed by atoms with E-state index in [1.165, 1.54) is 16.9 Å². The van der Waals surface area contributed by atoms with E-state index in [0.717, 1.165) is 36.5 Å². The van der Waals surface area contributed by atoms with E-state index in [1.54, 1.807) is 6.20 Å². The summed E-state index contributed by atoms with van der Waals surface area (Å²) in [7, 11) is 0. The van der Waals surface area contributed by atoms with Crippen molar-refractivity contribution in [1.29, 1.82) is 0 Å². The number of amides is 2. The van der Waals surface area contributed by atoms with Crippen LogP contribution >= 0.6 is 11.3 Å². The van der Waals surface area contributed by atoms with Crippen molar-refractivity contribution >= 4 is 29.0 Å². The number of piperidine rings is 1. The molecule has 0 atom stereocenters. The van der Waals surface area contributed by atoms with Crippen LogP contribution in [-0.4, -0.2) is 44.6 Å². The number of hydrogen-bond donors (Lipinski definition) is 1. The lowest BCUT2D eigenvalue weighted by Gasteiger charge is -2.32. The number of aromatic nitrogens is 3. The number of nitrogens with zero attached hydrogens (tertiary/aromatic N) is 4. The van der Waals surface area contributed by atoms with Crippen LogP contribution in [0.1, 0.15) is 52.8 Å². The van der Waals surface area contributed by atoms with Crippen molar-refractivity contribution in [2.75, 3.05) is 18.4 Å². The molecule has 8 heteroatoms. The van der Waals surface area contributed by atoms with Crippen molar-refractivity contribution in [1.82, 2.24) is 19.7 Å². The summed E-state index contributed by atoms with van der Waals surface area (Å²) in [6, 6.07) is 12.2. The highest BCUT2D eigenvalue weighted by atomic mass is 32.1. The molecule has 1 aliphatic rings. The summed E-state index contributed by atoms with van der Waals surface area (Å²) in [5.41, 5.74) is 1.78. The monoisotopic (exact) mass is 437 g/mol. The van der Waals surface area contributed by atoms with E-state index in [9.17, 15) is 9.59 Å². The molecule has 3 aromatic rings. The van der Waals surface area contributed by atoms with Gasteiger partial charge in [-0.25, -0.2) is 9.67 Å². The minimum Gasteiger partial charge on any atom is -0.337 e. The number of likely N-dealkylation sites (tertiary alicyclic amines) is 1. The SMILES string of the molecule is Cc1nc(C(=O)N2CCC(n3nccc3NC(=O)CCCc3ccccc3)CC2)cs1. The largest absolute Gasteiger partial charge is 0.337 e. The van der Waals surface area contributed by atoms with Crippen LogP contribution in [0.3, 0.4) is 0 Å². The Balaban J connectivity index is 1.27. The van der Waals surface area contributed by atoms with Gasteiger partial charge in [0.15, 0.2) is 0 Å². The molecule has 0 saturated carbocycles. The maximum absolute atomic E-state index is 12.6. The van der Waals surface area contributed by atoms with E-state index in [1.807, 2.05) is 46.2 Å². The number of benzene rings is 1. The van der Waals surface area contributed by atoms with Gasteiger partial charge in [-0.1, -0.05) is 30.3 Å². The molecule has 3 heterocycles. The van der Waals surface area contributed by atoms with Gasteiger partial charge in [-0.2, -0.15) is 5.10 Å². The van der Waals surface area contributed by atoms with Gasteiger partial charge in [0.2, 0.25) is 5.91 Å². The van der Waals surface area contributed by atoms with E-state index in [2.05, 4.69) is 27.5 Å². The molecule has 1 aromatic carbocycles. The molecule has 1 saturated heterocycles. The Labute approximate surface area is 186 Å². The maximum atomic E-state index is 12.6. The first-order chi connectivity index (χ1) is 15.1. The highest BCUT2D eigenvalue weighted by Gasteiger charge is 2.27. The Hall–Kier alpha value is -3.00. The number of carbonyl (C=O) groups is 2. The average Bonchev–Trinajstić information content (AvgIpc) is 3.43. The van der Waals surface area contributed by atoms with Crippen LogP contribution in [0.25, 0.3) is 0 Å². The molecule has 0 aliphatic carbocycles. The van der Waals surface area contributed by atoms with Gasteiger partial charge in [0, 0.05) is 31.0 Å². The second-order valence-corrected chi connectivity index (χ2v) is 8.89. The minimum absolute atomic E-state index is 0.00389. The smallest absolute Gasteiger partial charge is 0.273 e. The van der Waals surface area contributed by atoms with E-state index < -0.39 is 0 Å². The first-order valence-electron chi connectivity index (χ1n) is 10.7. The van der Waals surface area contributed by atoms with Crippen LogP contribution in [-0.2, 0) is 11.2 Å². The highest BCUT2D eigenvalue weighted by Crippen LogP contribution is 2.26. The summed E-state index contributed by atoms with van der Waals surface area (Å²) in [5, 5.41) is 10.2. The van der Waals surface area contributed by atoms with Gasteiger partial charge in [0.1, 0.15) is 11.5 Å². The average molecular weight is 438 g/mol. The fourth-order valence-corrected chi connectivity index (χ4v) is 4.53. The summed E-state index contributed by atoms with van der Waals surface area (Å²) < 4.78 is 1.89. The molecular weight excluding hydrogens is 410 g/mol. The van der Waals surface area contributed by atoms with Crippen LogP contribution in [0, 0.1) is 6.92 Å². The highest BCUT2D eigenvalue weighted by molar-refractivity contribution is 7.09. The number of thiazole rings is 1.